The minimum Gasteiger partial charge on any atom is -0.388 e. The standard InChI is InChI=1S/C16H21N3O4/c1-11(20)18-12-4-6-13(7-5-12)19-15(22)14(21)17-10-16(23)8-2-3-9-16/h4-7,23H,2-3,8-10H2,1H3,(H,17,21)(H,18,20)(H,19,22). The molecule has 1 aliphatic carbocycles. The smallest absolute Gasteiger partial charge is 0.313 e. The van der Waals surface area contributed by atoms with Gasteiger partial charge in [0.05, 0.1) is 5.60 Å². The summed E-state index contributed by atoms with van der Waals surface area (Å²) >= 11 is 0. The van der Waals surface area contributed by atoms with Gasteiger partial charge in [-0.2, -0.15) is 0 Å². The number of amides is 3. The largest absolute Gasteiger partial charge is 0.388 e. The zero-order chi connectivity index (χ0) is 16.9. The third-order valence-electron chi connectivity index (χ3n) is 3.78. The molecule has 2 rings (SSSR count). The van der Waals surface area contributed by atoms with Crippen LogP contribution in [0.2, 0.25) is 0 Å². The molecule has 1 aromatic carbocycles. The molecule has 1 fully saturated rings. The third-order valence-corrected chi connectivity index (χ3v) is 3.78. The van der Waals surface area contributed by atoms with E-state index < -0.39 is 17.4 Å². The van der Waals surface area contributed by atoms with Crippen LogP contribution in [0.1, 0.15) is 32.6 Å². The Bertz CT molecular complexity index is 592. The fraction of sp³-hybridized carbons (Fsp3) is 0.438. The molecule has 7 nitrogen and oxygen atoms in total. The number of hydrogen-bond donors (Lipinski definition) is 4. The lowest BCUT2D eigenvalue weighted by Gasteiger charge is -2.22. The van der Waals surface area contributed by atoms with Crippen LogP contribution >= 0.6 is 0 Å². The van der Waals surface area contributed by atoms with Gasteiger partial charge in [-0.05, 0) is 37.1 Å². The quantitative estimate of drug-likeness (QED) is 0.621. The fourth-order valence-corrected chi connectivity index (χ4v) is 2.56. The summed E-state index contributed by atoms with van der Waals surface area (Å²) in [6, 6.07) is 6.41. The predicted molar refractivity (Wildman–Crippen MR) is 85.8 cm³/mol. The summed E-state index contributed by atoms with van der Waals surface area (Å²) < 4.78 is 0. The van der Waals surface area contributed by atoms with Crippen LogP contribution in [0.15, 0.2) is 24.3 Å². The van der Waals surface area contributed by atoms with Crippen molar-refractivity contribution in [2.75, 3.05) is 17.2 Å². The number of aliphatic hydroxyl groups is 1. The van der Waals surface area contributed by atoms with Crippen LogP contribution < -0.4 is 16.0 Å². The average molecular weight is 319 g/mol. The van der Waals surface area contributed by atoms with Gasteiger partial charge >= 0.3 is 11.8 Å². The van der Waals surface area contributed by atoms with Gasteiger partial charge in [0, 0.05) is 24.8 Å². The summed E-state index contributed by atoms with van der Waals surface area (Å²) in [6.45, 7) is 1.49. The van der Waals surface area contributed by atoms with Crippen molar-refractivity contribution in [1.29, 1.82) is 0 Å². The van der Waals surface area contributed by atoms with Crippen molar-refractivity contribution in [2.24, 2.45) is 0 Å². The van der Waals surface area contributed by atoms with Gasteiger partial charge in [-0.25, -0.2) is 0 Å². The highest BCUT2D eigenvalue weighted by molar-refractivity contribution is 6.39. The molecule has 23 heavy (non-hydrogen) atoms. The van der Waals surface area contributed by atoms with E-state index in [-0.39, 0.29) is 12.5 Å². The average Bonchev–Trinajstić information content (AvgIpc) is 2.93. The van der Waals surface area contributed by atoms with E-state index in [2.05, 4.69) is 16.0 Å². The van der Waals surface area contributed by atoms with Crippen LogP contribution in [0.25, 0.3) is 0 Å². The second-order valence-corrected chi connectivity index (χ2v) is 5.83. The highest BCUT2D eigenvalue weighted by Crippen LogP contribution is 2.28. The molecular weight excluding hydrogens is 298 g/mol. The van der Waals surface area contributed by atoms with Crippen LogP contribution in [0.4, 0.5) is 11.4 Å². The monoisotopic (exact) mass is 319 g/mol. The molecule has 4 N–H and O–H groups in total. The highest BCUT2D eigenvalue weighted by Gasteiger charge is 2.32. The molecule has 3 amide bonds. The van der Waals surface area contributed by atoms with Crippen molar-refractivity contribution in [3.8, 4) is 0 Å². The van der Waals surface area contributed by atoms with E-state index in [1.165, 1.54) is 6.92 Å². The van der Waals surface area contributed by atoms with E-state index in [0.29, 0.717) is 24.2 Å². The Labute approximate surface area is 134 Å². The van der Waals surface area contributed by atoms with Crippen molar-refractivity contribution < 1.29 is 19.5 Å². The minimum absolute atomic E-state index is 0.0841. The maximum Gasteiger partial charge on any atom is 0.313 e. The lowest BCUT2D eigenvalue weighted by atomic mass is 10.0. The topological polar surface area (TPSA) is 108 Å². The summed E-state index contributed by atoms with van der Waals surface area (Å²) in [4.78, 5) is 34.5. The summed E-state index contributed by atoms with van der Waals surface area (Å²) in [6.07, 6.45) is 3.14. The molecule has 0 heterocycles. The van der Waals surface area contributed by atoms with Gasteiger partial charge in [0.15, 0.2) is 0 Å². The van der Waals surface area contributed by atoms with E-state index >= 15 is 0 Å². The van der Waals surface area contributed by atoms with Gasteiger partial charge in [-0.15, -0.1) is 0 Å². The van der Waals surface area contributed by atoms with Crippen LogP contribution in [0.3, 0.4) is 0 Å². The first kappa shape index (κ1) is 17.0. The normalized spacial score (nSPS) is 15.7. The second kappa shape index (κ2) is 7.23. The maximum atomic E-state index is 11.8. The molecule has 1 aromatic rings. The number of anilines is 2. The Morgan fingerprint density at radius 3 is 2.04 bits per heavy atom. The molecule has 0 atom stereocenters. The molecule has 0 bridgehead atoms. The van der Waals surface area contributed by atoms with Crippen molar-refractivity contribution in [3.05, 3.63) is 24.3 Å². The Morgan fingerprint density at radius 1 is 1.00 bits per heavy atom. The number of carbonyl (C=O) groups is 3. The Hall–Kier alpha value is -2.41. The first-order valence-electron chi connectivity index (χ1n) is 7.57. The van der Waals surface area contributed by atoms with Crippen LogP contribution in [-0.4, -0.2) is 35.0 Å². The van der Waals surface area contributed by atoms with Gasteiger partial charge in [0.2, 0.25) is 5.91 Å². The zero-order valence-corrected chi connectivity index (χ0v) is 13.0. The molecule has 1 saturated carbocycles. The summed E-state index contributed by atoms with van der Waals surface area (Å²) in [5.41, 5.74) is 0.151. The highest BCUT2D eigenvalue weighted by atomic mass is 16.3. The van der Waals surface area contributed by atoms with E-state index in [1.807, 2.05) is 0 Å². The molecular formula is C16H21N3O4. The van der Waals surface area contributed by atoms with E-state index in [4.69, 9.17) is 0 Å². The first-order chi connectivity index (χ1) is 10.9. The molecule has 124 valence electrons. The van der Waals surface area contributed by atoms with E-state index in [1.54, 1.807) is 24.3 Å². The zero-order valence-electron chi connectivity index (χ0n) is 13.0. The molecule has 0 aromatic heterocycles. The van der Waals surface area contributed by atoms with Gasteiger partial charge < -0.3 is 21.1 Å². The maximum absolute atomic E-state index is 11.8. The molecule has 0 radical (unpaired) electrons. The number of benzene rings is 1. The van der Waals surface area contributed by atoms with Crippen molar-refractivity contribution >= 4 is 29.1 Å². The van der Waals surface area contributed by atoms with Gasteiger partial charge in [-0.3, -0.25) is 14.4 Å². The SMILES string of the molecule is CC(=O)Nc1ccc(NC(=O)C(=O)NCC2(O)CCCC2)cc1. The summed E-state index contributed by atoms with van der Waals surface area (Å²) in [5, 5.41) is 17.7. The van der Waals surface area contributed by atoms with Crippen LogP contribution in [-0.2, 0) is 14.4 Å². The molecule has 7 heteroatoms. The Kier molecular flexibility index (Phi) is 5.33. The molecule has 0 aliphatic heterocycles. The lowest BCUT2D eigenvalue weighted by Crippen LogP contribution is -2.44. The van der Waals surface area contributed by atoms with Crippen LogP contribution in [0.5, 0.6) is 0 Å². The number of hydrogen-bond acceptors (Lipinski definition) is 4. The molecule has 0 unspecified atom stereocenters. The van der Waals surface area contributed by atoms with Gasteiger partial charge in [0.1, 0.15) is 0 Å². The molecule has 0 saturated heterocycles. The summed E-state index contributed by atoms with van der Waals surface area (Å²) in [7, 11) is 0. The van der Waals surface area contributed by atoms with E-state index in [0.717, 1.165) is 12.8 Å². The number of nitrogens with one attached hydrogen (secondary N) is 3. The fourth-order valence-electron chi connectivity index (χ4n) is 2.56. The first-order valence-corrected chi connectivity index (χ1v) is 7.57. The molecule has 1 aliphatic rings. The number of rotatable bonds is 4. The van der Waals surface area contributed by atoms with Gasteiger partial charge in [-0.1, -0.05) is 12.8 Å². The minimum atomic E-state index is -0.893. The van der Waals surface area contributed by atoms with Crippen molar-refractivity contribution in [3.63, 3.8) is 0 Å². The molecule has 0 spiro atoms. The van der Waals surface area contributed by atoms with Crippen molar-refractivity contribution in [1.82, 2.24) is 5.32 Å². The number of carbonyl (C=O) groups excluding carboxylic acids is 3. The van der Waals surface area contributed by atoms with Crippen molar-refractivity contribution in [2.45, 2.75) is 38.2 Å². The van der Waals surface area contributed by atoms with E-state index in [9.17, 15) is 19.5 Å². The van der Waals surface area contributed by atoms with Gasteiger partial charge in [0.25, 0.3) is 0 Å². The predicted octanol–water partition coefficient (Wildman–Crippen LogP) is 1.00. The Morgan fingerprint density at radius 2 is 1.52 bits per heavy atom. The van der Waals surface area contributed by atoms with Crippen LogP contribution in [0, 0.1) is 0 Å². The Balaban J connectivity index is 1.83. The third kappa shape index (κ3) is 5.07. The second-order valence-electron chi connectivity index (χ2n) is 5.83. The summed E-state index contributed by atoms with van der Waals surface area (Å²) in [5.74, 6) is -1.76. The lowest BCUT2D eigenvalue weighted by molar-refractivity contribution is -0.136.